The Kier molecular flexibility index (Phi) is 3.57. The van der Waals surface area contributed by atoms with Crippen molar-refractivity contribution in [3.63, 3.8) is 0 Å². The van der Waals surface area contributed by atoms with Gasteiger partial charge in [0.05, 0.1) is 17.6 Å². The number of aromatic nitrogens is 3. The SMILES string of the molecule is CC1(C)CCCC1NCc1cnn(-c2ccccc2)n1. The zero-order chi connectivity index (χ0) is 14.0. The van der Waals surface area contributed by atoms with Crippen molar-refractivity contribution >= 4 is 0 Å². The minimum atomic E-state index is 0.398. The predicted molar refractivity (Wildman–Crippen MR) is 79.6 cm³/mol. The Hall–Kier alpha value is -1.68. The molecule has 1 atom stereocenters. The molecule has 4 heteroatoms. The summed E-state index contributed by atoms with van der Waals surface area (Å²) in [5, 5.41) is 12.5. The van der Waals surface area contributed by atoms with E-state index in [4.69, 9.17) is 0 Å². The lowest BCUT2D eigenvalue weighted by molar-refractivity contribution is 0.281. The Morgan fingerprint density at radius 1 is 1.30 bits per heavy atom. The molecule has 106 valence electrons. The molecule has 0 amide bonds. The van der Waals surface area contributed by atoms with E-state index in [0.29, 0.717) is 11.5 Å². The minimum Gasteiger partial charge on any atom is -0.308 e. The lowest BCUT2D eigenvalue weighted by Crippen LogP contribution is -2.37. The van der Waals surface area contributed by atoms with Crippen molar-refractivity contribution in [2.45, 2.75) is 45.7 Å². The number of para-hydroxylation sites is 1. The Morgan fingerprint density at radius 3 is 2.80 bits per heavy atom. The van der Waals surface area contributed by atoms with Gasteiger partial charge in [-0.15, -0.1) is 0 Å². The molecule has 1 aliphatic rings. The average molecular weight is 270 g/mol. The summed E-state index contributed by atoms with van der Waals surface area (Å²) in [5.41, 5.74) is 2.39. The van der Waals surface area contributed by atoms with E-state index in [0.717, 1.165) is 17.9 Å². The summed E-state index contributed by atoms with van der Waals surface area (Å²) in [4.78, 5) is 1.69. The molecule has 0 radical (unpaired) electrons. The van der Waals surface area contributed by atoms with Gasteiger partial charge >= 0.3 is 0 Å². The second-order valence-corrected chi connectivity index (χ2v) is 6.28. The molecule has 0 bridgehead atoms. The van der Waals surface area contributed by atoms with E-state index in [2.05, 4.69) is 29.4 Å². The van der Waals surface area contributed by atoms with Gasteiger partial charge in [0, 0.05) is 12.6 Å². The maximum atomic E-state index is 4.53. The largest absolute Gasteiger partial charge is 0.308 e. The predicted octanol–water partition coefficient (Wildman–Crippen LogP) is 2.94. The first-order valence-electron chi connectivity index (χ1n) is 7.35. The van der Waals surface area contributed by atoms with E-state index >= 15 is 0 Å². The van der Waals surface area contributed by atoms with Crippen LogP contribution >= 0.6 is 0 Å². The summed E-state index contributed by atoms with van der Waals surface area (Å²) in [6.07, 6.45) is 5.74. The van der Waals surface area contributed by atoms with Gasteiger partial charge in [0.15, 0.2) is 0 Å². The summed E-state index contributed by atoms with van der Waals surface area (Å²) >= 11 is 0. The van der Waals surface area contributed by atoms with Crippen LogP contribution in [0, 0.1) is 5.41 Å². The minimum absolute atomic E-state index is 0.398. The van der Waals surface area contributed by atoms with Crippen LogP contribution in [-0.2, 0) is 6.54 Å². The van der Waals surface area contributed by atoms with Crippen molar-refractivity contribution in [3.05, 3.63) is 42.2 Å². The smallest absolute Gasteiger partial charge is 0.0969 e. The molecule has 1 heterocycles. The van der Waals surface area contributed by atoms with Crippen molar-refractivity contribution in [3.8, 4) is 5.69 Å². The third kappa shape index (κ3) is 2.75. The molecule has 1 fully saturated rings. The van der Waals surface area contributed by atoms with Gasteiger partial charge in [0.1, 0.15) is 0 Å². The molecule has 1 aromatic carbocycles. The first-order chi connectivity index (χ1) is 9.65. The summed E-state index contributed by atoms with van der Waals surface area (Å²) in [5.74, 6) is 0. The standard InChI is InChI=1S/C16H22N4/c1-16(2)10-6-9-15(16)17-11-13-12-18-20(19-13)14-7-4-3-5-8-14/h3-5,7-8,12,15,17H,6,9-11H2,1-2H3. The van der Waals surface area contributed by atoms with E-state index in [9.17, 15) is 0 Å². The molecule has 0 saturated heterocycles. The highest BCUT2D eigenvalue weighted by molar-refractivity contribution is 5.28. The second kappa shape index (κ2) is 5.37. The van der Waals surface area contributed by atoms with Crippen molar-refractivity contribution in [2.24, 2.45) is 5.41 Å². The van der Waals surface area contributed by atoms with Gasteiger partial charge in [-0.05, 0) is 30.4 Å². The maximum absolute atomic E-state index is 4.53. The topological polar surface area (TPSA) is 42.7 Å². The number of hydrogen-bond donors (Lipinski definition) is 1. The first-order valence-corrected chi connectivity index (χ1v) is 7.35. The van der Waals surface area contributed by atoms with Crippen molar-refractivity contribution in [2.75, 3.05) is 0 Å². The van der Waals surface area contributed by atoms with Crippen LogP contribution in [0.3, 0.4) is 0 Å². The molecule has 1 N–H and O–H groups in total. The highest BCUT2D eigenvalue weighted by atomic mass is 15.5. The lowest BCUT2D eigenvalue weighted by atomic mass is 9.87. The lowest BCUT2D eigenvalue weighted by Gasteiger charge is -2.27. The normalized spacial score (nSPS) is 21.2. The Labute approximate surface area is 120 Å². The van der Waals surface area contributed by atoms with Crippen LogP contribution < -0.4 is 5.32 Å². The highest BCUT2D eigenvalue weighted by Gasteiger charge is 2.33. The van der Waals surface area contributed by atoms with Crippen LogP contribution in [0.4, 0.5) is 0 Å². The summed E-state index contributed by atoms with van der Waals surface area (Å²) in [6, 6.07) is 10.6. The molecule has 3 rings (SSSR count). The molecular weight excluding hydrogens is 248 g/mol. The molecule has 2 aromatic rings. The molecule has 0 spiro atoms. The number of benzene rings is 1. The monoisotopic (exact) mass is 270 g/mol. The molecule has 4 nitrogen and oxygen atoms in total. The number of nitrogens with zero attached hydrogens (tertiary/aromatic N) is 3. The molecule has 1 aromatic heterocycles. The first kappa shape index (κ1) is 13.3. The van der Waals surface area contributed by atoms with Gasteiger partial charge in [-0.1, -0.05) is 38.5 Å². The molecule has 1 saturated carbocycles. The molecule has 0 aliphatic heterocycles. The molecular formula is C16H22N4. The summed E-state index contributed by atoms with van der Waals surface area (Å²) in [7, 11) is 0. The van der Waals surface area contributed by atoms with E-state index in [1.807, 2.05) is 36.5 Å². The molecule has 1 aliphatic carbocycles. The Balaban J connectivity index is 1.64. The zero-order valence-corrected chi connectivity index (χ0v) is 12.2. The van der Waals surface area contributed by atoms with Crippen molar-refractivity contribution in [1.82, 2.24) is 20.3 Å². The third-order valence-corrected chi connectivity index (χ3v) is 4.31. The fourth-order valence-corrected chi connectivity index (χ4v) is 2.99. The number of rotatable bonds is 4. The molecule has 20 heavy (non-hydrogen) atoms. The van der Waals surface area contributed by atoms with Crippen molar-refractivity contribution in [1.29, 1.82) is 0 Å². The van der Waals surface area contributed by atoms with Crippen LogP contribution in [0.1, 0.15) is 38.8 Å². The average Bonchev–Trinajstić information content (AvgIpc) is 3.04. The van der Waals surface area contributed by atoms with Gasteiger partial charge in [0.25, 0.3) is 0 Å². The van der Waals surface area contributed by atoms with Gasteiger partial charge in [0.2, 0.25) is 0 Å². The van der Waals surface area contributed by atoms with Crippen LogP contribution in [-0.4, -0.2) is 21.0 Å². The number of nitrogens with one attached hydrogen (secondary N) is 1. The summed E-state index contributed by atoms with van der Waals surface area (Å²) < 4.78 is 0. The van der Waals surface area contributed by atoms with E-state index in [1.165, 1.54) is 19.3 Å². The fourth-order valence-electron chi connectivity index (χ4n) is 2.99. The van der Waals surface area contributed by atoms with Crippen LogP contribution in [0.15, 0.2) is 36.5 Å². The van der Waals surface area contributed by atoms with Gasteiger partial charge in [-0.25, -0.2) is 0 Å². The van der Waals surface area contributed by atoms with E-state index in [-0.39, 0.29) is 0 Å². The third-order valence-electron chi connectivity index (χ3n) is 4.31. The quantitative estimate of drug-likeness (QED) is 0.929. The second-order valence-electron chi connectivity index (χ2n) is 6.28. The zero-order valence-electron chi connectivity index (χ0n) is 12.2. The maximum Gasteiger partial charge on any atom is 0.0969 e. The van der Waals surface area contributed by atoms with Crippen molar-refractivity contribution < 1.29 is 0 Å². The van der Waals surface area contributed by atoms with Crippen LogP contribution in [0.5, 0.6) is 0 Å². The van der Waals surface area contributed by atoms with Gasteiger partial charge in [-0.2, -0.15) is 15.0 Å². The molecule has 1 unspecified atom stereocenters. The summed E-state index contributed by atoms with van der Waals surface area (Å²) in [6.45, 7) is 5.48. The highest BCUT2D eigenvalue weighted by Crippen LogP contribution is 2.37. The van der Waals surface area contributed by atoms with Crippen LogP contribution in [0.2, 0.25) is 0 Å². The van der Waals surface area contributed by atoms with Gasteiger partial charge < -0.3 is 5.32 Å². The van der Waals surface area contributed by atoms with E-state index in [1.54, 1.807) is 4.80 Å². The number of hydrogen-bond acceptors (Lipinski definition) is 3. The fraction of sp³-hybridized carbons (Fsp3) is 0.500. The van der Waals surface area contributed by atoms with E-state index < -0.39 is 0 Å². The van der Waals surface area contributed by atoms with Gasteiger partial charge in [-0.3, -0.25) is 0 Å². The Morgan fingerprint density at radius 2 is 2.10 bits per heavy atom. The van der Waals surface area contributed by atoms with Crippen LogP contribution in [0.25, 0.3) is 5.69 Å². The Bertz CT molecular complexity index is 559.